The first-order chi connectivity index (χ1) is 9.11. The quantitative estimate of drug-likeness (QED) is 0.921. The van der Waals surface area contributed by atoms with Gasteiger partial charge in [-0.25, -0.2) is 0 Å². The van der Waals surface area contributed by atoms with Gasteiger partial charge in [0.2, 0.25) is 0 Å². The second kappa shape index (κ2) is 6.32. The molecular formula is C12H15Cl2N5. The highest BCUT2D eigenvalue weighted by atomic mass is 35.5. The van der Waals surface area contributed by atoms with E-state index in [0.29, 0.717) is 15.9 Å². The Balaban J connectivity index is 2.33. The van der Waals surface area contributed by atoms with Crippen molar-refractivity contribution in [3.63, 3.8) is 0 Å². The number of rotatable bonds is 5. The maximum absolute atomic E-state index is 6.07. The van der Waals surface area contributed by atoms with Gasteiger partial charge in [0, 0.05) is 0 Å². The van der Waals surface area contributed by atoms with Crippen LogP contribution in [0.2, 0.25) is 10.0 Å². The molecule has 0 aliphatic carbocycles. The molecule has 2 rings (SSSR count). The molecule has 0 radical (unpaired) electrons. The van der Waals surface area contributed by atoms with Crippen molar-refractivity contribution in [2.75, 3.05) is 13.6 Å². The van der Waals surface area contributed by atoms with E-state index in [-0.39, 0.29) is 6.04 Å². The largest absolute Gasteiger partial charge is 0.320 e. The van der Waals surface area contributed by atoms with Gasteiger partial charge >= 0.3 is 0 Å². The molecule has 1 aromatic heterocycles. The molecule has 1 atom stereocenters. The van der Waals surface area contributed by atoms with Gasteiger partial charge in [0.05, 0.1) is 16.1 Å². The Hall–Kier alpha value is -1.17. The maximum Gasteiger partial charge on any atom is 0.171 e. The van der Waals surface area contributed by atoms with Gasteiger partial charge in [-0.3, -0.25) is 0 Å². The first kappa shape index (κ1) is 14.2. The van der Waals surface area contributed by atoms with Gasteiger partial charge in [0.25, 0.3) is 0 Å². The van der Waals surface area contributed by atoms with E-state index < -0.39 is 0 Å². The van der Waals surface area contributed by atoms with Crippen LogP contribution in [0, 0.1) is 6.92 Å². The van der Waals surface area contributed by atoms with E-state index in [2.05, 4.69) is 20.7 Å². The Morgan fingerprint density at radius 1 is 1.32 bits per heavy atom. The van der Waals surface area contributed by atoms with Crippen molar-refractivity contribution in [2.24, 2.45) is 0 Å². The summed E-state index contributed by atoms with van der Waals surface area (Å²) in [6.45, 7) is 2.65. The first-order valence-corrected chi connectivity index (χ1v) is 6.73. The molecular weight excluding hydrogens is 285 g/mol. The summed E-state index contributed by atoms with van der Waals surface area (Å²) in [4.78, 5) is 1.62. The fourth-order valence-corrected chi connectivity index (χ4v) is 2.15. The number of hydrogen-bond acceptors (Lipinski definition) is 4. The number of benzene rings is 1. The van der Waals surface area contributed by atoms with Crippen molar-refractivity contribution in [1.82, 2.24) is 25.5 Å². The van der Waals surface area contributed by atoms with E-state index in [0.717, 1.165) is 18.5 Å². The predicted octanol–water partition coefficient (Wildman–Crippen LogP) is 2.49. The molecule has 0 bridgehead atoms. The highest BCUT2D eigenvalue weighted by Gasteiger charge is 2.17. The van der Waals surface area contributed by atoms with Crippen LogP contribution in [0.25, 0.3) is 0 Å². The van der Waals surface area contributed by atoms with E-state index in [4.69, 9.17) is 23.2 Å². The highest BCUT2D eigenvalue weighted by molar-refractivity contribution is 6.42. The number of halogens is 2. The Labute approximate surface area is 121 Å². The molecule has 0 saturated carbocycles. The van der Waals surface area contributed by atoms with Gasteiger partial charge in [0.1, 0.15) is 0 Å². The van der Waals surface area contributed by atoms with Crippen LogP contribution >= 0.6 is 23.2 Å². The molecule has 2 aromatic rings. The van der Waals surface area contributed by atoms with Crippen LogP contribution in [0.3, 0.4) is 0 Å². The number of nitrogens with zero attached hydrogens (tertiary/aromatic N) is 4. The summed E-state index contributed by atoms with van der Waals surface area (Å²) < 4.78 is 0. The molecule has 0 aliphatic heterocycles. The summed E-state index contributed by atoms with van der Waals surface area (Å²) >= 11 is 12.0. The molecule has 0 amide bonds. The summed E-state index contributed by atoms with van der Waals surface area (Å²) in [7, 11) is 1.91. The van der Waals surface area contributed by atoms with Crippen LogP contribution in [0.1, 0.15) is 23.9 Å². The molecule has 0 aliphatic rings. The molecule has 7 heteroatoms. The van der Waals surface area contributed by atoms with Crippen LogP contribution in [-0.4, -0.2) is 33.8 Å². The van der Waals surface area contributed by atoms with E-state index >= 15 is 0 Å². The lowest BCUT2D eigenvalue weighted by Crippen LogP contribution is -2.20. The van der Waals surface area contributed by atoms with E-state index in [1.165, 1.54) is 0 Å². The minimum absolute atomic E-state index is 0.0107. The zero-order chi connectivity index (χ0) is 13.8. The molecule has 1 heterocycles. The number of aryl methyl sites for hydroxylation is 1. The number of aromatic nitrogens is 4. The number of nitrogens with one attached hydrogen (secondary N) is 1. The molecule has 1 aromatic carbocycles. The van der Waals surface area contributed by atoms with E-state index in [1.54, 1.807) is 10.9 Å². The van der Waals surface area contributed by atoms with Crippen molar-refractivity contribution >= 4 is 23.2 Å². The van der Waals surface area contributed by atoms with E-state index in [1.807, 2.05) is 26.1 Å². The Morgan fingerprint density at radius 2 is 2.11 bits per heavy atom. The van der Waals surface area contributed by atoms with Gasteiger partial charge in [-0.2, -0.15) is 4.80 Å². The maximum atomic E-state index is 6.07. The minimum atomic E-state index is -0.0107. The smallest absolute Gasteiger partial charge is 0.171 e. The monoisotopic (exact) mass is 299 g/mol. The topological polar surface area (TPSA) is 55.6 Å². The third-order valence-corrected chi connectivity index (χ3v) is 3.54. The summed E-state index contributed by atoms with van der Waals surface area (Å²) in [5, 5.41) is 16.5. The zero-order valence-corrected chi connectivity index (χ0v) is 12.3. The third-order valence-electron chi connectivity index (χ3n) is 2.80. The molecule has 0 fully saturated rings. The summed E-state index contributed by atoms with van der Waals surface area (Å²) in [6.07, 6.45) is 0.838. The van der Waals surface area contributed by atoms with Crippen LogP contribution in [0.4, 0.5) is 0 Å². The van der Waals surface area contributed by atoms with Crippen molar-refractivity contribution in [2.45, 2.75) is 19.4 Å². The van der Waals surface area contributed by atoms with Gasteiger partial charge in [-0.15, -0.1) is 10.2 Å². The number of hydrogen-bond donors (Lipinski definition) is 1. The number of tetrazole rings is 1. The summed E-state index contributed by atoms with van der Waals surface area (Å²) in [6, 6.07) is 5.56. The first-order valence-electron chi connectivity index (χ1n) is 5.97. The standard InChI is InChI=1S/C12H15Cl2N5/c1-8-16-18-19(17-8)12(5-6-15-2)9-3-4-10(13)11(14)7-9/h3-4,7,12,15H,5-6H2,1-2H3/t12-/m1/s1. The van der Waals surface area contributed by atoms with Crippen molar-refractivity contribution in [3.05, 3.63) is 39.6 Å². The second-order valence-corrected chi connectivity index (χ2v) is 5.05. The van der Waals surface area contributed by atoms with Crippen molar-refractivity contribution in [1.29, 1.82) is 0 Å². The Kier molecular flexibility index (Phi) is 4.74. The fourth-order valence-electron chi connectivity index (χ4n) is 1.85. The van der Waals surface area contributed by atoms with Crippen LogP contribution < -0.4 is 5.32 Å². The molecule has 19 heavy (non-hydrogen) atoms. The lowest BCUT2D eigenvalue weighted by molar-refractivity contribution is 0.421. The van der Waals surface area contributed by atoms with Crippen molar-refractivity contribution < 1.29 is 0 Å². The van der Waals surface area contributed by atoms with Crippen LogP contribution in [-0.2, 0) is 0 Å². The lowest BCUT2D eigenvalue weighted by atomic mass is 10.0. The average molecular weight is 300 g/mol. The van der Waals surface area contributed by atoms with Gasteiger partial charge in [-0.05, 0) is 49.8 Å². The molecule has 0 unspecified atom stereocenters. The molecule has 0 spiro atoms. The fraction of sp³-hybridized carbons (Fsp3) is 0.417. The molecule has 1 N–H and O–H groups in total. The van der Waals surface area contributed by atoms with Gasteiger partial charge < -0.3 is 5.32 Å². The van der Waals surface area contributed by atoms with Crippen LogP contribution in [0.5, 0.6) is 0 Å². The Bertz CT molecular complexity index is 555. The minimum Gasteiger partial charge on any atom is -0.320 e. The summed E-state index contributed by atoms with van der Waals surface area (Å²) in [5.74, 6) is 0.648. The third kappa shape index (κ3) is 3.43. The SMILES string of the molecule is CNCC[C@H](c1ccc(Cl)c(Cl)c1)n1nnc(C)n1. The van der Waals surface area contributed by atoms with Crippen molar-refractivity contribution in [3.8, 4) is 0 Å². The predicted molar refractivity (Wildman–Crippen MR) is 75.7 cm³/mol. The molecule has 5 nitrogen and oxygen atoms in total. The van der Waals surface area contributed by atoms with E-state index in [9.17, 15) is 0 Å². The molecule has 0 saturated heterocycles. The van der Waals surface area contributed by atoms with Gasteiger partial charge in [0.15, 0.2) is 5.82 Å². The van der Waals surface area contributed by atoms with Crippen LogP contribution in [0.15, 0.2) is 18.2 Å². The highest BCUT2D eigenvalue weighted by Crippen LogP contribution is 2.28. The average Bonchev–Trinajstić information content (AvgIpc) is 2.80. The molecule has 102 valence electrons. The second-order valence-electron chi connectivity index (χ2n) is 4.24. The Morgan fingerprint density at radius 3 is 2.68 bits per heavy atom. The normalized spacial score (nSPS) is 12.6. The van der Waals surface area contributed by atoms with Gasteiger partial charge in [-0.1, -0.05) is 29.3 Å². The summed E-state index contributed by atoms with van der Waals surface area (Å²) in [5.41, 5.74) is 1.02. The zero-order valence-electron chi connectivity index (χ0n) is 10.8. The lowest BCUT2D eigenvalue weighted by Gasteiger charge is -2.16.